The lowest BCUT2D eigenvalue weighted by atomic mass is 9.85. The fraction of sp³-hybridized carbons (Fsp3) is 0.582. The maximum absolute atomic E-state index is 14.7. The van der Waals surface area contributed by atoms with Crippen molar-refractivity contribution in [1.29, 1.82) is 0 Å². The maximum Gasteiger partial charge on any atom is 0.408 e. The van der Waals surface area contributed by atoms with Gasteiger partial charge in [-0.05, 0) is 69.8 Å². The topological polar surface area (TPSA) is 348 Å². The van der Waals surface area contributed by atoms with Gasteiger partial charge in [-0.1, -0.05) is 78.3 Å². The smallest absolute Gasteiger partial charge is 0.408 e. The van der Waals surface area contributed by atoms with Gasteiger partial charge >= 0.3 is 12.1 Å². The van der Waals surface area contributed by atoms with Gasteiger partial charge in [0.25, 0.3) is 0 Å². The van der Waals surface area contributed by atoms with Crippen molar-refractivity contribution in [2.75, 3.05) is 6.54 Å². The molecule has 4 aromatic rings. The number of carboxylic acids is 1. The minimum absolute atomic E-state index is 0.00164. The molecule has 0 aliphatic carbocycles. The standard InChI is InChI=1S/C55H81N13O11/c1-10-33(6)46(51(74)65-43(53(76)77)23-37-27-58-30-61-37)67-47(70)38(32(4)5)24-45(69)39(19-31(2)3)62-49(72)41(21-35-25-56-28-59-35)63-48(71)40(20-34-15-12-11-13-16-34)64-50(73)44-17-14-18-68(44)52(75)42(22-36-26-57-29-60-36)66-54(78)79-55(7,8)9/h11-13,15-16,25-33,38-46,69H,10,14,17-24H2,1-9H3,(H,56,59)(H,57,60)(H,58,61)(H,62,72)(H,63,71)(H,64,73)(H,65,74)(H,66,78)(H,67,70)(H,76,77)/t33-,38?,39?,40-,41-,42-,43-,44-,45?,46-/m0/s1. The summed E-state index contributed by atoms with van der Waals surface area (Å²) in [7, 11) is 0. The van der Waals surface area contributed by atoms with E-state index in [1.165, 1.54) is 42.5 Å². The molecule has 7 amide bonds. The van der Waals surface area contributed by atoms with E-state index in [0.717, 1.165) is 0 Å². The zero-order valence-electron chi connectivity index (χ0n) is 46.7. The van der Waals surface area contributed by atoms with Gasteiger partial charge in [0.15, 0.2) is 0 Å². The van der Waals surface area contributed by atoms with Crippen molar-refractivity contribution in [3.8, 4) is 0 Å². The summed E-state index contributed by atoms with van der Waals surface area (Å²) in [5.41, 5.74) is 1.37. The van der Waals surface area contributed by atoms with Crippen LogP contribution in [0.4, 0.5) is 4.79 Å². The fourth-order valence-corrected chi connectivity index (χ4v) is 9.44. The summed E-state index contributed by atoms with van der Waals surface area (Å²) in [4.78, 5) is 134. The predicted octanol–water partition coefficient (Wildman–Crippen LogP) is 2.63. The molecule has 3 unspecified atom stereocenters. The van der Waals surface area contributed by atoms with Crippen molar-refractivity contribution in [3.05, 3.63) is 90.5 Å². The van der Waals surface area contributed by atoms with E-state index in [-0.39, 0.29) is 63.3 Å². The molecule has 1 aromatic carbocycles. The molecule has 1 aliphatic heterocycles. The molecule has 11 N–H and O–H groups in total. The Balaban J connectivity index is 1.35. The number of nitrogens with zero attached hydrogens (tertiary/aromatic N) is 4. The second-order valence-corrected chi connectivity index (χ2v) is 22.2. The van der Waals surface area contributed by atoms with E-state index in [1.807, 2.05) is 20.8 Å². The van der Waals surface area contributed by atoms with Gasteiger partial charge in [-0.25, -0.2) is 24.5 Å². The number of carbonyl (C=O) groups excluding carboxylic acids is 7. The molecule has 10 atom stereocenters. The van der Waals surface area contributed by atoms with Crippen molar-refractivity contribution >= 4 is 47.5 Å². The molecule has 1 fully saturated rings. The fourth-order valence-electron chi connectivity index (χ4n) is 9.44. The van der Waals surface area contributed by atoms with Crippen molar-refractivity contribution in [2.45, 2.75) is 174 Å². The number of carbonyl (C=O) groups is 8. The highest BCUT2D eigenvalue weighted by molar-refractivity contribution is 5.96. The quantitative estimate of drug-likeness (QED) is 0.0373. The molecule has 3 aromatic heterocycles. The van der Waals surface area contributed by atoms with Crippen LogP contribution in [0.3, 0.4) is 0 Å². The van der Waals surface area contributed by atoms with Gasteiger partial charge in [0, 0.05) is 73.8 Å². The number of carboxylic acid groups (broad SMARTS) is 1. The number of hydrogen-bond acceptors (Lipinski definition) is 13. The van der Waals surface area contributed by atoms with Gasteiger partial charge in [-0.15, -0.1) is 0 Å². The Bertz CT molecular complexity index is 2590. The first-order valence-electron chi connectivity index (χ1n) is 27.1. The molecule has 1 aliphatic rings. The summed E-state index contributed by atoms with van der Waals surface area (Å²) in [6.45, 7) is 16.3. The first-order valence-corrected chi connectivity index (χ1v) is 27.1. The van der Waals surface area contributed by atoms with Crippen LogP contribution in [-0.4, -0.2) is 153 Å². The molecule has 0 bridgehead atoms. The third-order valence-corrected chi connectivity index (χ3v) is 13.9. The Kier molecular flexibility index (Phi) is 23.1. The largest absolute Gasteiger partial charge is 0.480 e. The first-order chi connectivity index (χ1) is 37.4. The minimum Gasteiger partial charge on any atom is -0.480 e. The van der Waals surface area contributed by atoms with Gasteiger partial charge in [-0.3, -0.25) is 28.8 Å². The second-order valence-electron chi connectivity index (χ2n) is 22.2. The second kappa shape index (κ2) is 29.4. The van der Waals surface area contributed by atoms with E-state index in [0.29, 0.717) is 35.5 Å². The van der Waals surface area contributed by atoms with Crippen LogP contribution >= 0.6 is 0 Å². The number of benzene rings is 1. The number of aliphatic hydroxyl groups is 1. The van der Waals surface area contributed by atoms with Crippen molar-refractivity contribution in [1.82, 2.24) is 66.7 Å². The predicted molar refractivity (Wildman–Crippen MR) is 290 cm³/mol. The van der Waals surface area contributed by atoms with E-state index in [4.69, 9.17) is 4.74 Å². The van der Waals surface area contributed by atoms with Crippen molar-refractivity contribution in [3.63, 3.8) is 0 Å². The monoisotopic (exact) mass is 1100 g/mol. The van der Waals surface area contributed by atoms with Gasteiger partial charge in [0.05, 0.1) is 31.1 Å². The van der Waals surface area contributed by atoms with E-state index in [9.17, 15) is 48.6 Å². The lowest BCUT2D eigenvalue weighted by Crippen LogP contribution is -2.60. The van der Waals surface area contributed by atoms with E-state index in [2.05, 4.69) is 61.8 Å². The zero-order valence-corrected chi connectivity index (χ0v) is 46.7. The zero-order chi connectivity index (χ0) is 58.0. The van der Waals surface area contributed by atoms with Crippen LogP contribution in [0, 0.1) is 23.7 Å². The molecule has 0 radical (unpaired) electrons. The summed E-state index contributed by atoms with van der Waals surface area (Å²) in [6.07, 6.45) is 7.79. The number of imidazole rings is 3. The van der Waals surface area contributed by atoms with Crippen LogP contribution in [0.25, 0.3) is 0 Å². The Morgan fingerprint density at radius 2 is 1.23 bits per heavy atom. The van der Waals surface area contributed by atoms with Crippen molar-refractivity contribution in [2.24, 2.45) is 23.7 Å². The van der Waals surface area contributed by atoms with Crippen molar-refractivity contribution < 1.29 is 53.3 Å². The molecule has 0 spiro atoms. The van der Waals surface area contributed by atoms with E-state index < -0.39 is 113 Å². The average molecular weight is 1100 g/mol. The molecule has 1 saturated heterocycles. The summed E-state index contributed by atoms with van der Waals surface area (Å²) in [6, 6.07) is 0.851. The Labute approximate surface area is 461 Å². The number of likely N-dealkylation sites (tertiary alicyclic amines) is 1. The molecule has 24 nitrogen and oxygen atoms in total. The third kappa shape index (κ3) is 19.4. The van der Waals surface area contributed by atoms with Gasteiger partial charge < -0.3 is 66.7 Å². The molecule has 5 rings (SSSR count). The van der Waals surface area contributed by atoms with Crippen LogP contribution in [0.2, 0.25) is 0 Å². The van der Waals surface area contributed by atoms with Gasteiger partial charge in [0.1, 0.15) is 41.9 Å². The highest BCUT2D eigenvalue weighted by Gasteiger charge is 2.41. The number of hydrogen-bond donors (Lipinski definition) is 11. The Morgan fingerprint density at radius 1 is 0.684 bits per heavy atom. The first kappa shape index (κ1) is 62.2. The highest BCUT2D eigenvalue weighted by Crippen LogP contribution is 2.24. The van der Waals surface area contributed by atoms with Crippen LogP contribution < -0.4 is 31.9 Å². The summed E-state index contributed by atoms with van der Waals surface area (Å²) < 4.78 is 5.47. The van der Waals surface area contributed by atoms with Gasteiger partial charge in [0.2, 0.25) is 35.4 Å². The SMILES string of the molecule is CC[C@H](C)[C@H](NC(=O)C(CC(O)C(CC(C)C)NC(=O)[C@H](Cc1cnc[nH]1)NC(=O)[C@H](Cc1ccccc1)NC(=O)[C@@H]1CCCN1C(=O)[C@H](Cc1cnc[nH]1)NC(=O)OC(C)(C)C)C(C)C)C(=O)N[C@@H](Cc1cnc[nH]1)C(=O)O. The number of aromatic amines is 3. The maximum atomic E-state index is 14.7. The molecule has 24 heteroatoms. The third-order valence-electron chi connectivity index (χ3n) is 13.9. The minimum atomic E-state index is -1.32. The van der Waals surface area contributed by atoms with Gasteiger partial charge in [-0.2, -0.15) is 0 Å². The summed E-state index contributed by atoms with van der Waals surface area (Å²) in [5, 5.41) is 38.8. The molecule has 0 saturated carbocycles. The molecular formula is C55H81N13O11. The van der Waals surface area contributed by atoms with E-state index >= 15 is 0 Å². The van der Waals surface area contributed by atoms with Crippen LogP contribution in [0.15, 0.2) is 67.9 Å². The Morgan fingerprint density at radius 3 is 1.75 bits per heavy atom. The molecule has 79 heavy (non-hydrogen) atoms. The number of aromatic nitrogens is 6. The number of alkyl carbamates (subject to hydrolysis) is 1. The number of aliphatic carboxylic acids is 1. The highest BCUT2D eigenvalue weighted by atomic mass is 16.6. The number of amides is 7. The molecule has 4 heterocycles. The van der Waals surface area contributed by atoms with E-state index in [1.54, 1.807) is 71.9 Å². The van der Waals surface area contributed by atoms with Crippen LogP contribution in [0.1, 0.15) is 117 Å². The number of aliphatic hydroxyl groups excluding tert-OH is 1. The number of rotatable bonds is 29. The number of H-pyrrole nitrogens is 3. The summed E-state index contributed by atoms with van der Waals surface area (Å²) in [5.74, 6) is -6.78. The van der Waals surface area contributed by atoms with Crippen LogP contribution in [0.5, 0.6) is 0 Å². The molecular weight excluding hydrogens is 1020 g/mol. The average Bonchev–Trinajstić information content (AvgIpc) is 4.28. The summed E-state index contributed by atoms with van der Waals surface area (Å²) >= 11 is 0. The lowest BCUT2D eigenvalue weighted by molar-refractivity contribution is -0.142. The lowest BCUT2D eigenvalue weighted by Gasteiger charge is -2.33. The number of ether oxygens (including phenoxy) is 1. The van der Waals surface area contributed by atoms with Crippen LogP contribution in [-0.2, 0) is 64.0 Å². The normalized spacial score (nSPS) is 17.0. The molecule has 432 valence electrons. The number of nitrogens with one attached hydrogen (secondary N) is 9. The Hall–Kier alpha value is -7.63.